The summed E-state index contributed by atoms with van der Waals surface area (Å²) in [6, 6.07) is 0.359. The van der Waals surface area contributed by atoms with Crippen LogP contribution in [0, 0.1) is 6.92 Å². The van der Waals surface area contributed by atoms with Crippen LogP contribution in [0.4, 0.5) is 11.5 Å². The van der Waals surface area contributed by atoms with E-state index in [9.17, 15) is 0 Å². The van der Waals surface area contributed by atoms with Crippen molar-refractivity contribution in [1.82, 2.24) is 9.78 Å². The van der Waals surface area contributed by atoms with E-state index in [4.69, 9.17) is 10.5 Å². The lowest BCUT2D eigenvalue weighted by atomic mass is 10.1. The van der Waals surface area contributed by atoms with Crippen LogP contribution in [-0.4, -0.2) is 29.0 Å². The van der Waals surface area contributed by atoms with Gasteiger partial charge in [0.25, 0.3) is 0 Å². The van der Waals surface area contributed by atoms with Crippen molar-refractivity contribution in [2.24, 2.45) is 0 Å². The summed E-state index contributed by atoms with van der Waals surface area (Å²) in [5, 5.41) is 7.82. The number of rotatable bonds is 3. The summed E-state index contributed by atoms with van der Waals surface area (Å²) >= 11 is 0. The molecule has 0 aromatic carbocycles. The first-order chi connectivity index (χ1) is 7.72. The molecule has 1 saturated heterocycles. The van der Waals surface area contributed by atoms with E-state index in [1.807, 2.05) is 11.6 Å². The van der Waals surface area contributed by atoms with Crippen LogP contribution < -0.4 is 11.1 Å². The first-order valence-corrected chi connectivity index (χ1v) is 5.89. The van der Waals surface area contributed by atoms with E-state index in [1.54, 1.807) is 0 Å². The van der Waals surface area contributed by atoms with Crippen molar-refractivity contribution < 1.29 is 4.74 Å². The highest BCUT2D eigenvalue weighted by atomic mass is 16.5. The molecule has 3 N–H and O–H groups in total. The van der Waals surface area contributed by atoms with Gasteiger partial charge in [-0.1, -0.05) is 0 Å². The van der Waals surface area contributed by atoms with Crippen LogP contribution in [0.3, 0.4) is 0 Å². The highest BCUT2D eigenvalue weighted by molar-refractivity contribution is 5.65. The lowest BCUT2D eigenvalue weighted by molar-refractivity contribution is 0.0874. The van der Waals surface area contributed by atoms with Gasteiger partial charge in [0, 0.05) is 13.2 Å². The molecule has 1 aliphatic heterocycles. The third kappa shape index (κ3) is 2.14. The largest absolute Gasteiger partial charge is 0.394 e. The maximum Gasteiger partial charge on any atom is 0.148 e. The number of hydrogen-bond donors (Lipinski definition) is 2. The molecule has 5 nitrogen and oxygen atoms in total. The molecule has 0 spiro atoms. The Hall–Kier alpha value is -1.23. The van der Waals surface area contributed by atoms with Gasteiger partial charge in [-0.3, -0.25) is 0 Å². The summed E-state index contributed by atoms with van der Waals surface area (Å²) in [6.07, 6.45) is 2.24. The molecule has 0 radical (unpaired) electrons. The summed E-state index contributed by atoms with van der Waals surface area (Å²) in [4.78, 5) is 0. The van der Waals surface area contributed by atoms with E-state index < -0.39 is 0 Å². The first kappa shape index (κ1) is 11.3. The monoisotopic (exact) mass is 224 g/mol. The predicted octanol–water partition coefficient (Wildman–Crippen LogP) is 1.38. The van der Waals surface area contributed by atoms with Crippen LogP contribution in [0.15, 0.2) is 0 Å². The maximum absolute atomic E-state index is 6.01. The summed E-state index contributed by atoms with van der Waals surface area (Å²) in [5.41, 5.74) is 7.66. The summed E-state index contributed by atoms with van der Waals surface area (Å²) in [5.74, 6) is 0.940. The van der Waals surface area contributed by atoms with Crippen LogP contribution in [0.25, 0.3) is 0 Å². The zero-order valence-electron chi connectivity index (χ0n) is 9.99. The Balaban J connectivity index is 2.12. The highest BCUT2D eigenvalue weighted by Crippen LogP contribution is 2.24. The van der Waals surface area contributed by atoms with Crippen molar-refractivity contribution >= 4 is 11.5 Å². The number of anilines is 2. The molecule has 0 saturated carbocycles. The maximum atomic E-state index is 6.01. The molecule has 2 heterocycles. The molecule has 1 atom stereocenters. The van der Waals surface area contributed by atoms with E-state index in [0.29, 0.717) is 6.04 Å². The molecule has 1 aromatic heterocycles. The van der Waals surface area contributed by atoms with Gasteiger partial charge in [-0.25, -0.2) is 4.68 Å². The number of nitrogens with two attached hydrogens (primary N) is 1. The fourth-order valence-electron chi connectivity index (χ4n) is 2.02. The fourth-order valence-corrected chi connectivity index (χ4v) is 2.02. The Morgan fingerprint density at radius 2 is 2.44 bits per heavy atom. The average molecular weight is 224 g/mol. The van der Waals surface area contributed by atoms with Crippen molar-refractivity contribution in [2.45, 2.75) is 39.3 Å². The third-order valence-electron chi connectivity index (χ3n) is 2.97. The Labute approximate surface area is 96.0 Å². The van der Waals surface area contributed by atoms with Gasteiger partial charge in [0.1, 0.15) is 5.82 Å². The smallest absolute Gasteiger partial charge is 0.148 e. The minimum Gasteiger partial charge on any atom is -0.394 e. The van der Waals surface area contributed by atoms with Crippen molar-refractivity contribution in [3.05, 3.63) is 5.69 Å². The van der Waals surface area contributed by atoms with Crippen LogP contribution in [0.2, 0.25) is 0 Å². The number of aryl methyl sites for hydroxylation is 2. The molecule has 0 aliphatic carbocycles. The second-order valence-electron chi connectivity index (χ2n) is 4.22. The van der Waals surface area contributed by atoms with E-state index in [0.717, 1.165) is 49.8 Å². The number of hydrogen-bond acceptors (Lipinski definition) is 4. The van der Waals surface area contributed by atoms with Gasteiger partial charge in [0.15, 0.2) is 0 Å². The third-order valence-corrected chi connectivity index (χ3v) is 2.97. The van der Waals surface area contributed by atoms with Gasteiger partial charge in [0.05, 0.1) is 24.0 Å². The number of aromatic nitrogens is 2. The second-order valence-corrected chi connectivity index (χ2v) is 4.22. The number of ether oxygens (including phenoxy) is 1. The van der Waals surface area contributed by atoms with Crippen molar-refractivity contribution in [2.75, 3.05) is 24.3 Å². The summed E-state index contributed by atoms with van der Waals surface area (Å²) in [6.45, 7) is 6.46. The van der Waals surface area contributed by atoms with Crippen LogP contribution in [-0.2, 0) is 11.3 Å². The average Bonchev–Trinajstić information content (AvgIpc) is 2.58. The number of nitrogens with zero attached hydrogens (tertiary/aromatic N) is 2. The zero-order valence-corrected chi connectivity index (χ0v) is 9.99. The molecule has 2 rings (SSSR count). The fraction of sp³-hybridized carbons (Fsp3) is 0.727. The minimum absolute atomic E-state index is 0.359. The topological polar surface area (TPSA) is 65.1 Å². The molecule has 1 aliphatic rings. The molecule has 90 valence electrons. The normalized spacial score (nSPS) is 21.0. The van der Waals surface area contributed by atoms with Gasteiger partial charge < -0.3 is 15.8 Å². The first-order valence-electron chi connectivity index (χ1n) is 5.89. The molecule has 0 amide bonds. The molecule has 1 fully saturated rings. The van der Waals surface area contributed by atoms with Crippen LogP contribution >= 0.6 is 0 Å². The van der Waals surface area contributed by atoms with Crippen LogP contribution in [0.5, 0.6) is 0 Å². The van der Waals surface area contributed by atoms with Gasteiger partial charge in [-0.15, -0.1) is 0 Å². The van der Waals surface area contributed by atoms with Crippen molar-refractivity contribution in [3.8, 4) is 0 Å². The summed E-state index contributed by atoms with van der Waals surface area (Å²) < 4.78 is 7.36. The minimum atomic E-state index is 0.359. The molecule has 1 unspecified atom stereocenters. The van der Waals surface area contributed by atoms with E-state index in [1.165, 1.54) is 0 Å². The van der Waals surface area contributed by atoms with Crippen molar-refractivity contribution in [1.29, 1.82) is 0 Å². The SMILES string of the molecule is CCn1nc(C)c(N)c1NC1CCCOC1. The van der Waals surface area contributed by atoms with Crippen LogP contribution in [0.1, 0.15) is 25.5 Å². The van der Waals surface area contributed by atoms with E-state index in [-0.39, 0.29) is 0 Å². The molecular weight excluding hydrogens is 204 g/mol. The van der Waals surface area contributed by atoms with E-state index >= 15 is 0 Å². The Morgan fingerprint density at radius 1 is 1.62 bits per heavy atom. The summed E-state index contributed by atoms with van der Waals surface area (Å²) in [7, 11) is 0. The number of nitrogen functional groups attached to an aromatic ring is 1. The Kier molecular flexibility index (Phi) is 3.33. The van der Waals surface area contributed by atoms with Gasteiger partial charge in [-0.2, -0.15) is 5.10 Å². The standard InChI is InChI=1S/C11H20N4O/c1-3-15-11(10(12)8(2)14-15)13-9-5-4-6-16-7-9/h9,13H,3-7,12H2,1-2H3. The highest BCUT2D eigenvalue weighted by Gasteiger charge is 2.18. The second kappa shape index (κ2) is 4.74. The van der Waals surface area contributed by atoms with Crippen molar-refractivity contribution in [3.63, 3.8) is 0 Å². The zero-order chi connectivity index (χ0) is 11.5. The lowest BCUT2D eigenvalue weighted by Crippen LogP contribution is -2.31. The van der Waals surface area contributed by atoms with Gasteiger partial charge in [0.2, 0.25) is 0 Å². The van der Waals surface area contributed by atoms with Gasteiger partial charge >= 0.3 is 0 Å². The molecular formula is C11H20N4O. The Bertz CT molecular complexity index is 355. The quantitative estimate of drug-likeness (QED) is 0.814. The molecule has 1 aromatic rings. The molecule has 16 heavy (non-hydrogen) atoms. The number of nitrogens with one attached hydrogen (secondary N) is 1. The Morgan fingerprint density at radius 3 is 3.06 bits per heavy atom. The lowest BCUT2D eigenvalue weighted by Gasteiger charge is -2.24. The molecule has 0 bridgehead atoms. The van der Waals surface area contributed by atoms with E-state index in [2.05, 4.69) is 17.3 Å². The molecule has 5 heteroatoms. The predicted molar refractivity (Wildman–Crippen MR) is 64.5 cm³/mol. The van der Waals surface area contributed by atoms with Gasteiger partial charge in [-0.05, 0) is 26.7 Å².